The van der Waals surface area contributed by atoms with E-state index in [9.17, 15) is 0 Å². The summed E-state index contributed by atoms with van der Waals surface area (Å²) >= 11 is 1.87. The molecule has 1 aliphatic carbocycles. The Kier molecular flexibility index (Phi) is 8.26. The molecule has 3 nitrogen and oxygen atoms in total. The van der Waals surface area contributed by atoms with Crippen LogP contribution in [-0.2, 0) is 0 Å². The van der Waals surface area contributed by atoms with Gasteiger partial charge in [0.25, 0.3) is 0 Å². The zero-order valence-electron chi connectivity index (χ0n) is 17.8. The Hall–Kier alpha value is -1.65. The number of benzene rings is 2. The molecule has 0 N–H and O–H groups in total. The molecular formula is C23H32ClN3S. The Bertz CT molecular complexity index is 952. The molecule has 0 spiro atoms. The summed E-state index contributed by atoms with van der Waals surface area (Å²) in [6, 6.07) is 11.3. The highest BCUT2D eigenvalue weighted by Gasteiger charge is 2.13. The van der Waals surface area contributed by atoms with Gasteiger partial charge in [0.2, 0.25) is 5.36 Å². The van der Waals surface area contributed by atoms with Gasteiger partial charge in [0.1, 0.15) is 13.1 Å². The zero-order valence-corrected chi connectivity index (χ0v) is 19.3. The number of anilines is 1. The predicted molar refractivity (Wildman–Crippen MR) is 120 cm³/mol. The molecular weight excluding hydrogens is 386 g/mol. The Morgan fingerprint density at radius 2 is 1.64 bits per heavy atom. The molecule has 0 saturated heterocycles. The lowest BCUT2D eigenvalue weighted by molar-refractivity contribution is -0.00000570. The van der Waals surface area contributed by atoms with Gasteiger partial charge in [-0.05, 0) is 44.5 Å². The van der Waals surface area contributed by atoms with E-state index in [1.807, 2.05) is 11.3 Å². The van der Waals surface area contributed by atoms with Crippen LogP contribution < -0.4 is 27.2 Å². The average Bonchev–Trinajstić information content (AvgIpc) is 2.67. The topological polar surface area (TPSA) is 19.1 Å². The van der Waals surface area contributed by atoms with Crippen molar-refractivity contribution in [3.8, 4) is 10.6 Å². The van der Waals surface area contributed by atoms with E-state index in [2.05, 4.69) is 74.4 Å². The quantitative estimate of drug-likeness (QED) is 0.433. The van der Waals surface area contributed by atoms with E-state index in [-0.39, 0.29) is 12.4 Å². The number of aryl methyl sites for hydroxylation is 1. The highest BCUT2D eigenvalue weighted by molar-refractivity contribution is 7.21. The molecule has 0 fully saturated rings. The molecule has 0 amide bonds. The normalized spacial score (nSPS) is 10.9. The van der Waals surface area contributed by atoms with E-state index < -0.39 is 0 Å². The SMILES string of the molecule is CCC[N+](CCC)=c1ccc2nc3c(C)cc(N(CC)CC)cc3sc-2c1.[Cl-]. The van der Waals surface area contributed by atoms with Crippen LogP contribution in [0.25, 0.3) is 20.8 Å². The van der Waals surface area contributed by atoms with Gasteiger partial charge >= 0.3 is 0 Å². The van der Waals surface area contributed by atoms with Crippen LogP contribution in [0, 0.1) is 6.92 Å². The molecule has 1 aliphatic heterocycles. The van der Waals surface area contributed by atoms with Crippen LogP contribution in [0.4, 0.5) is 5.69 Å². The molecule has 0 bridgehead atoms. The van der Waals surface area contributed by atoms with Crippen molar-refractivity contribution >= 4 is 27.2 Å². The lowest BCUT2D eigenvalue weighted by atomic mass is 10.1. The number of nitrogens with zero attached hydrogens (tertiary/aromatic N) is 3. The maximum absolute atomic E-state index is 5.00. The zero-order chi connectivity index (χ0) is 19.4. The number of aromatic nitrogens is 1. The Morgan fingerprint density at radius 1 is 0.964 bits per heavy atom. The molecule has 28 heavy (non-hydrogen) atoms. The van der Waals surface area contributed by atoms with Gasteiger partial charge in [0.15, 0.2) is 0 Å². The van der Waals surface area contributed by atoms with E-state index in [1.165, 1.54) is 39.0 Å². The molecule has 0 saturated carbocycles. The van der Waals surface area contributed by atoms with Gasteiger partial charge in [-0.3, -0.25) is 0 Å². The van der Waals surface area contributed by atoms with Crippen molar-refractivity contribution in [2.75, 3.05) is 31.1 Å². The van der Waals surface area contributed by atoms with Crippen LogP contribution in [0.1, 0.15) is 46.1 Å². The summed E-state index contributed by atoms with van der Waals surface area (Å²) < 4.78 is 3.77. The number of rotatable bonds is 7. The van der Waals surface area contributed by atoms with E-state index in [0.29, 0.717) is 0 Å². The van der Waals surface area contributed by atoms with Crippen molar-refractivity contribution in [2.24, 2.45) is 0 Å². The van der Waals surface area contributed by atoms with E-state index in [4.69, 9.17) is 4.98 Å². The third kappa shape index (κ3) is 4.66. The maximum atomic E-state index is 5.00. The molecule has 0 radical (unpaired) electrons. The van der Waals surface area contributed by atoms with Gasteiger partial charge in [-0.15, -0.1) is 11.3 Å². The number of hydrogen-bond acceptors (Lipinski definition) is 3. The monoisotopic (exact) mass is 417 g/mol. The standard InChI is InChI=1S/C23H32N3S.ClH/c1-6-12-26(13-7-2)18-10-11-20-21(15-18)27-22-16-19(25(8-3)9-4)14-17(5)23(22)24-20;/h10-11,14-16H,6-9,12-13H2,1-5H3;1H/q+1;/p-1. The Balaban J connectivity index is 0.00000280. The fraction of sp³-hybridized carbons (Fsp3) is 0.478. The van der Waals surface area contributed by atoms with Gasteiger partial charge in [-0.2, -0.15) is 0 Å². The first kappa shape index (κ1) is 22.6. The van der Waals surface area contributed by atoms with Crippen molar-refractivity contribution in [3.05, 3.63) is 41.3 Å². The minimum Gasteiger partial charge on any atom is -1.00 e. The lowest BCUT2D eigenvalue weighted by Crippen LogP contribution is -3.00. The molecule has 1 aromatic rings. The second kappa shape index (κ2) is 10.2. The molecule has 2 aliphatic rings. The van der Waals surface area contributed by atoms with Crippen molar-refractivity contribution in [1.29, 1.82) is 0 Å². The summed E-state index contributed by atoms with van der Waals surface area (Å²) in [5, 5.41) is 1.32. The fourth-order valence-corrected chi connectivity index (χ4v) is 4.86. The van der Waals surface area contributed by atoms with Gasteiger partial charge in [-0.1, -0.05) is 13.8 Å². The van der Waals surface area contributed by atoms with Gasteiger partial charge in [0, 0.05) is 43.8 Å². The Labute approximate surface area is 179 Å². The summed E-state index contributed by atoms with van der Waals surface area (Å²) in [7, 11) is 0. The molecule has 5 heteroatoms. The molecule has 1 aromatic carbocycles. The van der Waals surface area contributed by atoms with E-state index in [0.717, 1.165) is 37.4 Å². The van der Waals surface area contributed by atoms with E-state index >= 15 is 0 Å². The number of fused-ring (bicyclic) bond motifs is 2. The first-order valence-corrected chi connectivity index (χ1v) is 11.1. The second-order valence-electron chi connectivity index (χ2n) is 7.13. The third-order valence-electron chi connectivity index (χ3n) is 5.13. The van der Waals surface area contributed by atoms with E-state index in [1.54, 1.807) is 0 Å². The minimum absolute atomic E-state index is 0. The number of hydrogen-bond donors (Lipinski definition) is 0. The average molecular weight is 418 g/mol. The second-order valence-corrected chi connectivity index (χ2v) is 8.22. The third-order valence-corrected chi connectivity index (χ3v) is 6.20. The van der Waals surface area contributed by atoms with Crippen LogP contribution in [0.15, 0.2) is 30.3 Å². The first-order valence-electron chi connectivity index (χ1n) is 10.3. The highest BCUT2D eigenvalue weighted by atomic mass is 35.5. The smallest absolute Gasteiger partial charge is 0.201 e. The summed E-state index contributed by atoms with van der Waals surface area (Å²) in [4.78, 5) is 8.67. The largest absolute Gasteiger partial charge is 1.00 e. The Morgan fingerprint density at radius 3 is 2.25 bits per heavy atom. The van der Waals surface area contributed by atoms with Crippen LogP contribution in [0.5, 0.6) is 0 Å². The van der Waals surface area contributed by atoms with Crippen molar-refractivity contribution in [2.45, 2.75) is 47.5 Å². The van der Waals surface area contributed by atoms with Crippen molar-refractivity contribution in [1.82, 2.24) is 9.56 Å². The number of halogens is 1. The van der Waals surface area contributed by atoms with Gasteiger partial charge in [-0.25, -0.2) is 9.56 Å². The summed E-state index contributed by atoms with van der Waals surface area (Å²) in [6.07, 6.45) is 2.34. The van der Waals surface area contributed by atoms with Crippen LogP contribution in [0.3, 0.4) is 0 Å². The summed E-state index contributed by atoms with van der Waals surface area (Å²) in [5.74, 6) is 0. The van der Waals surface area contributed by atoms with Gasteiger partial charge in [0.05, 0.1) is 20.8 Å². The maximum Gasteiger partial charge on any atom is 0.201 e. The lowest BCUT2D eigenvalue weighted by Gasteiger charge is -2.22. The highest BCUT2D eigenvalue weighted by Crippen LogP contribution is 2.33. The summed E-state index contributed by atoms with van der Waals surface area (Å²) in [5.41, 5.74) is 4.80. The molecule has 3 rings (SSSR count). The fourth-order valence-electron chi connectivity index (χ4n) is 3.74. The summed E-state index contributed by atoms with van der Waals surface area (Å²) in [6.45, 7) is 15.4. The molecule has 0 aromatic heterocycles. The van der Waals surface area contributed by atoms with Crippen LogP contribution in [0.2, 0.25) is 0 Å². The van der Waals surface area contributed by atoms with Crippen LogP contribution >= 0.6 is 11.3 Å². The van der Waals surface area contributed by atoms with Crippen molar-refractivity contribution in [3.63, 3.8) is 0 Å². The van der Waals surface area contributed by atoms with Crippen LogP contribution in [-0.4, -0.2) is 31.2 Å². The first-order chi connectivity index (χ1) is 13.1. The molecule has 152 valence electrons. The molecule has 0 unspecified atom stereocenters. The molecule has 1 heterocycles. The minimum atomic E-state index is 0. The van der Waals surface area contributed by atoms with Crippen molar-refractivity contribution < 1.29 is 12.4 Å². The predicted octanol–water partition coefficient (Wildman–Crippen LogP) is 2.15. The van der Waals surface area contributed by atoms with Gasteiger partial charge < -0.3 is 17.3 Å². The molecule has 0 atom stereocenters.